The summed E-state index contributed by atoms with van der Waals surface area (Å²) in [5.41, 5.74) is 5.87. The molecule has 0 aliphatic heterocycles. The van der Waals surface area contributed by atoms with Gasteiger partial charge in [-0.2, -0.15) is 0 Å². The van der Waals surface area contributed by atoms with Crippen molar-refractivity contribution in [2.45, 2.75) is 39.7 Å². The Morgan fingerprint density at radius 3 is 2.77 bits per heavy atom. The van der Waals surface area contributed by atoms with Gasteiger partial charge in [-0.25, -0.2) is 4.57 Å². The summed E-state index contributed by atoms with van der Waals surface area (Å²) in [4.78, 5) is 25.4. The maximum Gasteiger partial charge on any atom is 0.180 e. The first-order valence-electron chi connectivity index (χ1n) is 10.3. The van der Waals surface area contributed by atoms with Gasteiger partial charge in [-0.3, -0.25) is 9.59 Å². The Labute approximate surface area is 182 Å². The molecule has 0 fully saturated rings. The number of rotatable bonds is 5. The first-order chi connectivity index (χ1) is 14.4. The molecule has 2 aromatic carbocycles. The van der Waals surface area contributed by atoms with E-state index in [1.165, 1.54) is 5.56 Å². The Kier molecular flexibility index (Phi) is 5.83. The highest BCUT2D eigenvalue weighted by atomic mass is 35.5. The molecule has 0 N–H and O–H groups in total. The normalized spacial score (nSPS) is 15.7. The number of halogens is 1. The van der Waals surface area contributed by atoms with Crippen LogP contribution in [-0.4, -0.2) is 11.6 Å². The first-order valence-corrected chi connectivity index (χ1v) is 10.7. The Morgan fingerprint density at radius 2 is 2.00 bits per heavy atom. The van der Waals surface area contributed by atoms with Crippen molar-refractivity contribution in [2.24, 2.45) is 5.92 Å². The molecule has 1 atom stereocenters. The molecule has 1 unspecified atom stereocenters. The van der Waals surface area contributed by atoms with Gasteiger partial charge in [0, 0.05) is 28.1 Å². The molecule has 152 valence electrons. The molecule has 0 radical (unpaired) electrons. The van der Waals surface area contributed by atoms with Crippen molar-refractivity contribution in [3.8, 4) is 0 Å². The quantitative estimate of drug-likeness (QED) is 0.423. The Morgan fingerprint density at radius 1 is 1.17 bits per heavy atom. The van der Waals surface area contributed by atoms with Crippen LogP contribution in [0.25, 0.3) is 0 Å². The van der Waals surface area contributed by atoms with Gasteiger partial charge < -0.3 is 0 Å². The molecular weight excluding hydrogens is 394 g/mol. The fourth-order valence-corrected chi connectivity index (χ4v) is 4.53. The third-order valence-corrected chi connectivity index (χ3v) is 6.10. The minimum absolute atomic E-state index is 0.0183. The van der Waals surface area contributed by atoms with Crippen LogP contribution in [-0.2, 0) is 19.4 Å². The lowest BCUT2D eigenvalue weighted by Crippen LogP contribution is -2.35. The number of benzene rings is 2. The minimum Gasteiger partial charge on any atom is -0.294 e. The minimum atomic E-state index is -0.0814. The van der Waals surface area contributed by atoms with Crippen LogP contribution in [0.3, 0.4) is 0 Å². The van der Waals surface area contributed by atoms with E-state index < -0.39 is 0 Å². The van der Waals surface area contributed by atoms with Gasteiger partial charge >= 0.3 is 0 Å². The number of hydrogen-bond donors (Lipinski definition) is 0. The SMILES string of the molecule is CC(=O)c1c[n+](Cc2cccc(Cl)c2)ccc1CC1CCc2cc(C)ccc2C1=O. The van der Waals surface area contributed by atoms with Crippen LogP contribution in [0.4, 0.5) is 0 Å². The lowest BCUT2D eigenvalue weighted by molar-refractivity contribution is -0.688. The van der Waals surface area contributed by atoms with Gasteiger partial charge in [0.2, 0.25) is 0 Å². The summed E-state index contributed by atoms with van der Waals surface area (Å²) < 4.78 is 1.99. The van der Waals surface area contributed by atoms with Crippen LogP contribution in [0, 0.1) is 12.8 Å². The number of ketones is 2. The van der Waals surface area contributed by atoms with Crippen molar-refractivity contribution in [3.63, 3.8) is 0 Å². The summed E-state index contributed by atoms with van der Waals surface area (Å²) in [5.74, 6) is 0.133. The number of carbonyl (C=O) groups excluding carboxylic acids is 2. The predicted octanol–water partition coefficient (Wildman–Crippen LogP) is 5.17. The van der Waals surface area contributed by atoms with Gasteiger partial charge in [0.05, 0.1) is 5.56 Å². The summed E-state index contributed by atoms with van der Waals surface area (Å²) in [6, 6.07) is 15.8. The molecule has 0 bridgehead atoms. The molecule has 0 spiro atoms. The molecule has 1 aliphatic carbocycles. The number of aromatic nitrogens is 1. The molecule has 0 amide bonds. The lowest BCUT2D eigenvalue weighted by atomic mass is 9.79. The van der Waals surface area contributed by atoms with Gasteiger partial charge in [0.25, 0.3) is 0 Å². The van der Waals surface area contributed by atoms with Crippen molar-refractivity contribution in [1.29, 1.82) is 0 Å². The van der Waals surface area contributed by atoms with Gasteiger partial charge in [-0.1, -0.05) is 47.5 Å². The second-order valence-electron chi connectivity index (χ2n) is 8.21. The van der Waals surface area contributed by atoms with Gasteiger partial charge in [0.1, 0.15) is 0 Å². The van der Waals surface area contributed by atoms with E-state index in [1.807, 2.05) is 59.4 Å². The molecule has 0 saturated heterocycles. The fourth-order valence-electron chi connectivity index (χ4n) is 4.32. The third-order valence-electron chi connectivity index (χ3n) is 5.87. The highest BCUT2D eigenvalue weighted by Gasteiger charge is 2.29. The molecule has 30 heavy (non-hydrogen) atoms. The van der Waals surface area contributed by atoms with Gasteiger partial charge in [0.15, 0.2) is 30.5 Å². The largest absolute Gasteiger partial charge is 0.294 e. The maximum atomic E-state index is 13.1. The first kappa shape index (κ1) is 20.5. The van der Waals surface area contributed by atoms with Gasteiger partial charge in [-0.05, 0) is 56.4 Å². The van der Waals surface area contributed by atoms with Crippen molar-refractivity contribution in [3.05, 3.63) is 99.3 Å². The molecule has 4 rings (SSSR count). The summed E-state index contributed by atoms with van der Waals surface area (Å²) >= 11 is 6.09. The zero-order valence-electron chi connectivity index (χ0n) is 17.3. The van der Waals surface area contributed by atoms with Crippen LogP contribution in [0.1, 0.15) is 56.3 Å². The monoisotopic (exact) mass is 418 g/mol. The van der Waals surface area contributed by atoms with Crippen LogP contribution < -0.4 is 4.57 Å². The van der Waals surface area contributed by atoms with Crippen molar-refractivity contribution in [1.82, 2.24) is 0 Å². The smallest absolute Gasteiger partial charge is 0.180 e. The van der Waals surface area contributed by atoms with E-state index in [0.29, 0.717) is 23.6 Å². The second kappa shape index (κ2) is 8.53. The third kappa shape index (κ3) is 4.36. The molecule has 4 heteroatoms. The lowest BCUT2D eigenvalue weighted by Gasteiger charge is -2.24. The van der Waals surface area contributed by atoms with Crippen LogP contribution in [0.15, 0.2) is 60.9 Å². The molecule has 3 aromatic rings. The van der Waals surface area contributed by atoms with E-state index in [1.54, 1.807) is 6.92 Å². The van der Waals surface area contributed by atoms with E-state index in [4.69, 9.17) is 11.6 Å². The van der Waals surface area contributed by atoms with E-state index >= 15 is 0 Å². The number of Topliss-reactive ketones (excluding diaryl/α,β-unsaturated/α-hetero) is 2. The molecule has 1 aliphatic rings. The standard InChI is InChI=1S/C26H25ClNO2/c1-17-6-9-24-20(12-17)7-8-22(26(24)30)14-21-10-11-28(16-25(21)18(2)29)15-19-4-3-5-23(27)13-19/h3-6,9-13,16,22H,7-8,14-15H2,1-2H3/q+1. The summed E-state index contributed by atoms with van der Waals surface area (Å²) in [6.45, 7) is 4.28. The molecule has 3 nitrogen and oxygen atoms in total. The average Bonchev–Trinajstić information content (AvgIpc) is 2.71. The summed E-state index contributed by atoms with van der Waals surface area (Å²) in [6.07, 6.45) is 6.20. The van der Waals surface area contributed by atoms with Crippen LogP contribution in [0.5, 0.6) is 0 Å². The number of aryl methyl sites for hydroxylation is 2. The molecular formula is C26H25ClNO2+. The second-order valence-corrected chi connectivity index (χ2v) is 8.64. The Bertz CT molecular complexity index is 1140. The number of nitrogens with zero attached hydrogens (tertiary/aromatic N) is 1. The van der Waals surface area contributed by atoms with Gasteiger partial charge in [-0.15, -0.1) is 0 Å². The summed E-state index contributed by atoms with van der Waals surface area (Å²) in [5, 5.41) is 0.697. The summed E-state index contributed by atoms with van der Waals surface area (Å²) in [7, 11) is 0. The fraction of sp³-hybridized carbons (Fsp3) is 0.269. The average molecular weight is 419 g/mol. The van der Waals surface area contributed by atoms with E-state index in [2.05, 4.69) is 13.0 Å². The Hall–Kier alpha value is -2.78. The van der Waals surface area contributed by atoms with Crippen molar-refractivity contribution < 1.29 is 14.2 Å². The predicted molar refractivity (Wildman–Crippen MR) is 118 cm³/mol. The number of fused-ring (bicyclic) bond motifs is 1. The van der Waals surface area contributed by atoms with Crippen LogP contribution >= 0.6 is 11.6 Å². The highest BCUT2D eigenvalue weighted by molar-refractivity contribution is 6.30. The zero-order chi connectivity index (χ0) is 21.3. The number of pyridine rings is 1. The van der Waals surface area contributed by atoms with E-state index in [-0.39, 0.29) is 17.5 Å². The highest BCUT2D eigenvalue weighted by Crippen LogP contribution is 2.29. The van der Waals surface area contributed by atoms with Crippen molar-refractivity contribution >= 4 is 23.2 Å². The molecule has 0 saturated carbocycles. The van der Waals surface area contributed by atoms with E-state index in [9.17, 15) is 9.59 Å². The maximum absolute atomic E-state index is 13.1. The zero-order valence-corrected chi connectivity index (χ0v) is 18.1. The van der Waals surface area contributed by atoms with Crippen molar-refractivity contribution in [2.75, 3.05) is 0 Å². The topological polar surface area (TPSA) is 38.0 Å². The number of hydrogen-bond acceptors (Lipinski definition) is 2. The number of carbonyl (C=O) groups is 2. The van der Waals surface area contributed by atoms with Crippen LogP contribution in [0.2, 0.25) is 5.02 Å². The van der Waals surface area contributed by atoms with E-state index in [0.717, 1.165) is 35.1 Å². The Balaban J connectivity index is 1.57. The molecule has 1 heterocycles. The molecule has 1 aromatic heterocycles.